The van der Waals surface area contributed by atoms with Crippen molar-refractivity contribution >= 4 is 0 Å². The molecule has 0 saturated carbocycles. The first-order valence-electron chi connectivity index (χ1n) is 7.20. The summed E-state index contributed by atoms with van der Waals surface area (Å²) in [5.41, 5.74) is 4.12. The Morgan fingerprint density at radius 1 is 0.955 bits per heavy atom. The Hall–Kier alpha value is -2.99. The van der Waals surface area contributed by atoms with E-state index in [2.05, 4.69) is 46.1 Å². The lowest BCUT2D eigenvalue weighted by Gasteiger charge is -2.02. The summed E-state index contributed by atoms with van der Waals surface area (Å²) < 4.78 is 2.14. The standard InChI is InChI=1S/C19H16N3/c20-13-17-8-6-16(7-9-17)12-19-15-22(11-10-21-19)14-18-4-2-1-3-5-18/h1-11,15H,12,14H2/q+1. The third-order valence-electron chi connectivity index (χ3n) is 3.49. The molecule has 3 aromatic rings. The second kappa shape index (κ2) is 6.64. The maximum atomic E-state index is 8.83. The number of hydrogen-bond acceptors (Lipinski definition) is 2. The number of nitrogens with zero attached hydrogens (tertiary/aromatic N) is 3. The van der Waals surface area contributed by atoms with Crippen LogP contribution in [0.15, 0.2) is 73.2 Å². The van der Waals surface area contributed by atoms with Gasteiger partial charge in [-0.3, -0.25) is 0 Å². The van der Waals surface area contributed by atoms with Gasteiger partial charge in [-0.25, -0.2) is 4.98 Å². The van der Waals surface area contributed by atoms with Crippen LogP contribution in [0.4, 0.5) is 0 Å². The number of rotatable bonds is 4. The average Bonchev–Trinajstić information content (AvgIpc) is 2.57. The molecular formula is C19H16N3+. The smallest absolute Gasteiger partial charge is 0.191 e. The summed E-state index contributed by atoms with van der Waals surface area (Å²) in [4.78, 5) is 4.43. The summed E-state index contributed by atoms with van der Waals surface area (Å²) >= 11 is 0. The molecule has 0 radical (unpaired) electrons. The summed E-state index contributed by atoms with van der Waals surface area (Å²) in [5, 5.41) is 8.83. The van der Waals surface area contributed by atoms with E-state index in [-0.39, 0.29) is 0 Å². The Kier molecular flexibility index (Phi) is 4.22. The molecule has 0 amide bonds. The van der Waals surface area contributed by atoms with Gasteiger partial charge >= 0.3 is 0 Å². The van der Waals surface area contributed by atoms with Crippen LogP contribution in [-0.2, 0) is 13.0 Å². The molecule has 0 saturated heterocycles. The van der Waals surface area contributed by atoms with Crippen molar-refractivity contribution in [2.75, 3.05) is 0 Å². The molecule has 3 rings (SSSR count). The summed E-state index contributed by atoms with van der Waals surface area (Å²) in [6, 6.07) is 20.1. The molecule has 3 heteroatoms. The highest BCUT2D eigenvalue weighted by molar-refractivity contribution is 5.32. The first-order chi connectivity index (χ1) is 10.8. The SMILES string of the molecule is N#Cc1ccc(Cc2c[n+](Cc3ccccc3)ccn2)cc1. The first-order valence-corrected chi connectivity index (χ1v) is 7.20. The molecular weight excluding hydrogens is 270 g/mol. The average molecular weight is 286 g/mol. The largest absolute Gasteiger partial charge is 0.248 e. The summed E-state index contributed by atoms with van der Waals surface area (Å²) in [7, 11) is 0. The molecule has 0 fully saturated rings. The van der Waals surface area contributed by atoms with Crippen LogP contribution in [-0.4, -0.2) is 4.98 Å². The van der Waals surface area contributed by atoms with E-state index in [1.165, 1.54) is 5.56 Å². The molecule has 0 aliphatic rings. The summed E-state index contributed by atoms with van der Waals surface area (Å²) in [5.74, 6) is 0. The van der Waals surface area contributed by atoms with E-state index in [1.807, 2.05) is 42.7 Å². The Bertz CT molecular complexity index is 787. The molecule has 22 heavy (non-hydrogen) atoms. The highest BCUT2D eigenvalue weighted by Crippen LogP contribution is 2.08. The fourth-order valence-corrected chi connectivity index (χ4v) is 2.37. The lowest BCUT2D eigenvalue weighted by atomic mass is 10.1. The molecule has 0 aliphatic heterocycles. The molecule has 0 spiro atoms. The molecule has 0 bridgehead atoms. The van der Waals surface area contributed by atoms with Gasteiger partial charge in [-0.2, -0.15) is 9.83 Å². The molecule has 0 unspecified atom stereocenters. The fourth-order valence-electron chi connectivity index (χ4n) is 2.37. The van der Waals surface area contributed by atoms with Crippen LogP contribution in [0.1, 0.15) is 22.4 Å². The zero-order valence-electron chi connectivity index (χ0n) is 12.2. The van der Waals surface area contributed by atoms with Crippen LogP contribution in [0, 0.1) is 11.3 Å². The second-order valence-electron chi connectivity index (χ2n) is 5.19. The van der Waals surface area contributed by atoms with Crippen molar-refractivity contribution in [2.45, 2.75) is 13.0 Å². The highest BCUT2D eigenvalue weighted by atomic mass is 15.0. The van der Waals surface area contributed by atoms with Crippen molar-refractivity contribution in [3.05, 3.63) is 95.6 Å². The molecule has 3 nitrogen and oxygen atoms in total. The van der Waals surface area contributed by atoms with Gasteiger partial charge in [-0.05, 0) is 17.7 Å². The Morgan fingerprint density at radius 3 is 2.45 bits per heavy atom. The van der Waals surface area contributed by atoms with E-state index in [4.69, 9.17) is 5.26 Å². The molecule has 1 heterocycles. The van der Waals surface area contributed by atoms with Crippen molar-refractivity contribution in [3.63, 3.8) is 0 Å². The van der Waals surface area contributed by atoms with E-state index in [0.717, 1.165) is 24.2 Å². The normalized spacial score (nSPS) is 10.1. The van der Waals surface area contributed by atoms with Crippen molar-refractivity contribution in [3.8, 4) is 6.07 Å². The molecule has 0 N–H and O–H groups in total. The van der Waals surface area contributed by atoms with E-state index in [1.54, 1.807) is 0 Å². The van der Waals surface area contributed by atoms with Gasteiger partial charge in [-0.15, -0.1) is 0 Å². The lowest BCUT2D eigenvalue weighted by molar-refractivity contribution is -0.689. The maximum Gasteiger partial charge on any atom is 0.191 e. The predicted octanol–water partition coefficient (Wildman–Crippen LogP) is 2.88. The van der Waals surface area contributed by atoms with Gasteiger partial charge in [-0.1, -0.05) is 42.5 Å². The van der Waals surface area contributed by atoms with Gasteiger partial charge < -0.3 is 0 Å². The lowest BCUT2D eigenvalue weighted by Crippen LogP contribution is -2.34. The van der Waals surface area contributed by atoms with Crippen LogP contribution >= 0.6 is 0 Å². The van der Waals surface area contributed by atoms with Gasteiger partial charge in [0.1, 0.15) is 5.69 Å². The van der Waals surface area contributed by atoms with Gasteiger partial charge in [0.25, 0.3) is 0 Å². The Balaban J connectivity index is 1.74. The van der Waals surface area contributed by atoms with Gasteiger partial charge in [0.15, 0.2) is 18.9 Å². The number of aromatic nitrogens is 2. The number of hydrogen-bond donors (Lipinski definition) is 0. The molecule has 2 aromatic carbocycles. The van der Waals surface area contributed by atoms with E-state index >= 15 is 0 Å². The van der Waals surface area contributed by atoms with Crippen LogP contribution in [0.5, 0.6) is 0 Å². The molecule has 0 aliphatic carbocycles. The first kappa shape index (κ1) is 14.0. The minimum absolute atomic E-state index is 0.684. The van der Waals surface area contributed by atoms with Gasteiger partial charge in [0.2, 0.25) is 0 Å². The highest BCUT2D eigenvalue weighted by Gasteiger charge is 2.06. The topological polar surface area (TPSA) is 40.6 Å². The third-order valence-corrected chi connectivity index (χ3v) is 3.49. The summed E-state index contributed by atoms with van der Waals surface area (Å²) in [6.07, 6.45) is 6.66. The van der Waals surface area contributed by atoms with Crippen molar-refractivity contribution < 1.29 is 4.57 Å². The van der Waals surface area contributed by atoms with E-state index < -0.39 is 0 Å². The van der Waals surface area contributed by atoms with Crippen LogP contribution in [0.3, 0.4) is 0 Å². The zero-order chi connectivity index (χ0) is 15.2. The van der Waals surface area contributed by atoms with Crippen LogP contribution < -0.4 is 4.57 Å². The Morgan fingerprint density at radius 2 is 1.73 bits per heavy atom. The minimum Gasteiger partial charge on any atom is -0.248 e. The maximum absolute atomic E-state index is 8.83. The minimum atomic E-state index is 0.684. The van der Waals surface area contributed by atoms with Crippen molar-refractivity contribution in [2.24, 2.45) is 0 Å². The fraction of sp³-hybridized carbons (Fsp3) is 0.105. The van der Waals surface area contributed by atoms with Gasteiger partial charge in [0.05, 0.1) is 17.8 Å². The van der Waals surface area contributed by atoms with Crippen LogP contribution in [0.2, 0.25) is 0 Å². The zero-order valence-corrected chi connectivity index (χ0v) is 12.2. The van der Waals surface area contributed by atoms with Crippen molar-refractivity contribution in [1.29, 1.82) is 5.26 Å². The third kappa shape index (κ3) is 3.56. The second-order valence-corrected chi connectivity index (χ2v) is 5.19. The van der Waals surface area contributed by atoms with E-state index in [0.29, 0.717) is 5.56 Å². The van der Waals surface area contributed by atoms with E-state index in [9.17, 15) is 0 Å². The molecule has 106 valence electrons. The monoisotopic (exact) mass is 286 g/mol. The molecule has 1 aromatic heterocycles. The Labute approximate surface area is 130 Å². The van der Waals surface area contributed by atoms with Crippen molar-refractivity contribution in [1.82, 2.24) is 4.98 Å². The van der Waals surface area contributed by atoms with Gasteiger partial charge in [0, 0.05) is 12.0 Å². The quantitative estimate of drug-likeness (QED) is 0.692. The number of nitriles is 1. The molecule has 0 atom stereocenters. The summed E-state index contributed by atoms with van der Waals surface area (Å²) in [6.45, 7) is 0.837. The van der Waals surface area contributed by atoms with Crippen LogP contribution in [0.25, 0.3) is 0 Å². The predicted molar refractivity (Wildman–Crippen MR) is 83.9 cm³/mol. The number of benzene rings is 2.